The summed E-state index contributed by atoms with van der Waals surface area (Å²) in [6, 6.07) is 15.3. The molecule has 0 aliphatic heterocycles. The summed E-state index contributed by atoms with van der Waals surface area (Å²) in [7, 11) is -4.17. The van der Waals surface area contributed by atoms with Crippen molar-refractivity contribution in [2.24, 2.45) is 0 Å². The minimum absolute atomic E-state index is 0.0371. The van der Waals surface area contributed by atoms with Crippen LogP contribution in [0.15, 0.2) is 71.6 Å². The van der Waals surface area contributed by atoms with E-state index in [9.17, 15) is 17.2 Å². The van der Waals surface area contributed by atoms with Gasteiger partial charge in [-0.3, -0.25) is 4.31 Å². The molecule has 144 valence electrons. The highest BCUT2D eigenvalue weighted by Gasteiger charge is 2.38. The molecule has 3 aromatic rings. The van der Waals surface area contributed by atoms with E-state index in [4.69, 9.17) is 11.6 Å². The molecule has 28 heavy (non-hydrogen) atoms. The van der Waals surface area contributed by atoms with E-state index in [1.165, 1.54) is 24.3 Å². The van der Waals surface area contributed by atoms with Gasteiger partial charge in [0.25, 0.3) is 10.0 Å². The monoisotopic (exact) mass is 419 g/mol. The number of hydrogen-bond donors (Lipinski definition) is 0. The van der Waals surface area contributed by atoms with E-state index in [1.54, 1.807) is 0 Å². The maximum atomic E-state index is 14.7. The lowest BCUT2D eigenvalue weighted by molar-refractivity contribution is 0.563. The van der Waals surface area contributed by atoms with Crippen LogP contribution in [0.4, 0.5) is 14.5 Å². The molecule has 0 amide bonds. The largest absolute Gasteiger partial charge is 0.264 e. The Hall–Kier alpha value is -2.44. The SMILES string of the molecule is O=S(=O)(c1ccc(Cl)cc1)N(c1cc(F)ccc1F)C1CCc2ccccc21. The van der Waals surface area contributed by atoms with Gasteiger partial charge in [-0.15, -0.1) is 0 Å². The molecule has 1 unspecified atom stereocenters. The first-order valence-corrected chi connectivity index (χ1v) is 10.5. The van der Waals surface area contributed by atoms with Crippen LogP contribution in [0, 0.1) is 11.6 Å². The number of rotatable bonds is 4. The quantitative estimate of drug-likeness (QED) is 0.559. The third-order valence-corrected chi connectivity index (χ3v) is 6.99. The normalized spacial score (nSPS) is 16.0. The van der Waals surface area contributed by atoms with Crippen LogP contribution < -0.4 is 4.31 Å². The average Bonchev–Trinajstić information content (AvgIpc) is 3.09. The molecule has 0 N–H and O–H groups in total. The van der Waals surface area contributed by atoms with Crippen LogP contribution in [0.1, 0.15) is 23.6 Å². The second-order valence-corrected chi connectivity index (χ2v) is 8.86. The van der Waals surface area contributed by atoms with Crippen LogP contribution in [0.25, 0.3) is 0 Å². The molecule has 0 saturated carbocycles. The fraction of sp³-hybridized carbons (Fsp3) is 0.143. The summed E-state index contributed by atoms with van der Waals surface area (Å²) in [6.45, 7) is 0. The highest BCUT2D eigenvalue weighted by Crippen LogP contribution is 2.42. The van der Waals surface area contributed by atoms with Gasteiger partial charge in [-0.2, -0.15) is 0 Å². The van der Waals surface area contributed by atoms with Crippen molar-refractivity contribution in [2.75, 3.05) is 4.31 Å². The Morgan fingerprint density at radius 2 is 1.68 bits per heavy atom. The average molecular weight is 420 g/mol. The van der Waals surface area contributed by atoms with Crippen LogP contribution >= 0.6 is 11.6 Å². The first-order chi connectivity index (χ1) is 13.4. The molecule has 0 fully saturated rings. The van der Waals surface area contributed by atoms with E-state index in [2.05, 4.69) is 0 Å². The predicted octanol–water partition coefficient (Wildman–Crippen LogP) is 5.50. The highest BCUT2D eigenvalue weighted by molar-refractivity contribution is 7.92. The Kier molecular flexibility index (Phi) is 4.85. The Balaban J connectivity index is 1.92. The van der Waals surface area contributed by atoms with Crippen molar-refractivity contribution in [1.82, 2.24) is 0 Å². The van der Waals surface area contributed by atoms with Gasteiger partial charge in [-0.05, 0) is 60.4 Å². The molecule has 1 aliphatic carbocycles. The zero-order chi connectivity index (χ0) is 19.9. The Labute approximate surface area is 167 Å². The number of benzene rings is 3. The minimum atomic E-state index is -4.17. The molecule has 0 aromatic heterocycles. The van der Waals surface area contributed by atoms with E-state index < -0.39 is 27.7 Å². The van der Waals surface area contributed by atoms with Crippen LogP contribution in [0.3, 0.4) is 0 Å². The van der Waals surface area contributed by atoms with E-state index in [-0.39, 0.29) is 10.6 Å². The molecular formula is C21H16ClF2NO2S. The van der Waals surface area contributed by atoms with Crippen molar-refractivity contribution in [2.45, 2.75) is 23.8 Å². The number of halogens is 3. The van der Waals surface area contributed by atoms with Gasteiger partial charge in [-0.25, -0.2) is 17.2 Å². The minimum Gasteiger partial charge on any atom is -0.256 e. The third-order valence-electron chi connectivity index (χ3n) is 4.90. The van der Waals surface area contributed by atoms with Crippen LogP contribution in [0.5, 0.6) is 0 Å². The standard InChI is InChI=1S/C21H16ClF2NO2S/c22-15-6-9-17(10-7-15)28(26,27)25(21-13-16(23)8-11-19(21)24)20-12-5-14-3-1-2-4-18(14)20/h1-4,6-11,13,20H,5,12H2. The van der Waals surface area contributed by atoms with Gasteiger partial charge in [-0.1, -0.05) is 35.9 Å². The van der Waals surface area contributed by atoms with Crippen molar-refractivity contribution in [3.8, 4) is 0 Å². The maximum Gasteiger partial charge on any atom is 0.264 e. The molecular weight excluding hydrogens is 404 g/mol. The Morgan fingerprint density at radius 3 is 2.43 bits per heavy atom. The molecule has 0 saturated heterocycles. The molecule has 7 heteroatoms. The molecule has 3 aromatic carbocycles. The summed E-state index contributed by atoms with van der Waals surface area (Å²) in [5, 5.41) is 0.383. The number of aryl methyl sites for hydroxylation is 1. The lowest BCUT2D eigenvalue weighted by Gasteiger charge is -2.31. The van der Waals surface area contributed by atoms with E-state index >= 15 is 0 Å². The van der Waals surface area contributed by atoms with Gasteiger partial charge in [0.1, 0.15) is 11.6 Å². The predicted molar refractivity (Wildman–Crippen MR) is 105 cm³/mol. The third kappa shape index (κ3) is 3.27. The van der Waals surface area contributed by atoms with Gasteiger partial charge in [0, 0.05) is 11.1 Å². The van der Waals surface area contributed by atoms with Crippen LogP contribution in [0.2, 0.25) is 5.02 Å². The van der Waals surface area contributed by atoms with Crippen molar-refractivity contribution in [3.05, 3.63) is 94.5 Å². The summed E-state index contributed by atoms with van der Waals surface area (Å²) < 4.78 is 56.6. The second kappa shape index (κ2) is 7.18. The smallest absolute Gasteiger partial charge is 0.256 e. The summed E-state index contributed by atoms with van der Waals surface area (Å²) >= 11 is 5.88. The van der Waals surface area contributed by atoms with E-state index in [0.29, 0.717) is 17.9 Å². The van der Waals surface area contributed by atoms with Crippen molar-refractivity contribution >= 4 is 27.3 Å². The van der Waals surface area contributed by atoms with Gasteiger partial charge in [0.2, 0.25) is 0 Å². The lowest BCUT2D eigenvalue weighted by Crippen LogP contribution is -2.35. The number of anilines is 1. The van der Waals surface area contributed by atoms with Crippen LogP contribution in [-0.2, 0) is 16.4 Å². The summed E-state index contributed by atoms with van der Waals surface area (Å²) in [5.41, 5.74) is 1.49. The molecule has 1 atom stereocenters. The highest BCUT2D eigenvalue weighted by atomic mass is 35.5. The molecule has 0 heterocycles. The molecule has 3 nitrogen and oxygen atoms in total. The second-order valence-electron chi connectivity index (χ2n) is 6.60. The summed E-state index contributed by atoms with van der Waals surface area (Å²) in [6.07, 6.45) is 1.13. The lowest BCUT2D eigenvalue weighted by atomic mass is 10.1. The summed E-state index contributed by atoms with van der Waals surface area (Å²) in [4.78, 5) is -0.0371. The van der Waals surface area contributed by atoms with Gasteiger partial charge in [0.15, 0.2) is 0 Å². The zero-order valence-corrected chi connectivity index (χ0v) is 16.2. The fourth-order valence-corrected chi connectivity index (χ4v) is 5.40. The van der Waals surface area contributed by atoms with Crippen molar-refractivity contribution in [3.63, 3.8) is 0 Å². The fourth-order valence-electron chi connectivity index (χ4n) is 3.62. The van der Waals surface area contributed by atoms with Gasteiger partial charge in [0.05, 0.1) is 16.6 Å². The molecule has 4 rings (SSSR count). The Bertz CT molecular complexity index is 1130. The Morgan fingerprint density at radius 1 is 0.964 bits per heavy atom. The maximum absolute atomic E-state index is 14.7. The van der Waals surface area contributed by atoms with Crippen LogP contribution in [-0.4, -0.2) is 8.42 Å². The zero-order valence-electron chi connectivity index (χ0n) is 14.6. The van der Waals surface area contributed by atoms with E-state index in [0.717, 1.165) is 33.6 Å². The number of hydrogen-bond acceptors (Lipinski definition) is 2. The number of nitrogens with zero attached hydrogens (tertiary/aromatic N) is 1. The molecule has 0 radical (unpaired) electrons. The molecule has 0 spiro atoms. The van der Waals surface area contributed by atoms with Gasteiger partial charge < -0.3 is 0 Å². The van der Waals surface area contributed by atoms with Gasteiger partial charge >= 0.3 is 0 Å². The molecule has 0 bridgehead atoms. The van der Waals surface area contributed by atoms with Crippen molar-refractivity contribution in [1.29, 1.82) is 0 Å². The van der Waals surface area contributed by atoms with E-state index in [1.807, 2.05) is 24.3 Å². The molecule has 1 aliphatic rings. The first kappa shape index (κ1) is 18.9. The first-order valence-electron chi connectivity index (χ1n) is 8.71. The number of fused-ring (bicyclic) bond motifs is 1. The van der Waals surface area contributed by atoms with Crippen molar-refractivity contribution < 1.29 is 17.2 Å². The number of sulfonamides is 1. The summed E-state index contributed by atoms with van der Waals surface area (Å²) in [5.74, 6) is -1.51. The topological polar surface area (TPSA) is 37.4 Å².